The van der Waals surface area contributed by atoms with E-state index in [1.807, 2.05) is 6.92 Å². The maximum Gasteiger partial charge on any atom is 0.417 e. The van der Waals surface area contributed by atoms with Gasteiger partial charge in [-0.25, -0.2) is 15.8 Å². The molecule has 118 valence electrons. The fraction of sp³-hybridized carbons (Fsp3) is 0.286. The molecule has 0 spiro atoms. The summed E-state index contributed by atoms with van der Waals surface area (Å²) in [7, 11) is 0. The molecule has 1 heterocycles. The number of hydrazine groups is 1. The van der Waals surface area contributed by atoms with Crippen molar-refractivity contribution < 1.29 is 13.2 Å². The Morgan fingerprint density at radius 1 is 1.18 bits per heavy atom. The Morgan fingerprint density at radius 3 is 2.50 bits per heavy atom. The number of alkyl halides is 3. The predicted molar refractivity (Wildman–Crippen MR) is 78.7 cm³/mol. The normalized spacial score (nSPS) is 11.5. The van der Waals surface area contributed by atoms with E-state index in [4.69, 9.17) is 11.6 Å². The van der Waals surface area contributed by atoms with Crippen molar-refractivity contribution in [3.05, 3.63) is 35.5 Å². The third-order valence-electron chi connectivity index (χ3n) is 3.04. The Hall–Kier alpha value is -2.35. The minimum absolute atomic E-state index is 0.0380. The van der Waals surface area contributed by atoms with E-state index in [2.05, 4.69) is 15.4 Å². The largest absolute Gasteiger partial charge is 0.417 e. The average molecular weight is 311 g/mol. The Labute approximate surface area is 125 Å². The quantitative estimate of drug-likeness (QED) is 0.459. The van der Waals surface area contributed by atoms with E-state index in [1.165, 1.54) is 18.2 Å². The SMILES string of the molecule is CCCc1cc(-c2ccc(N)cc2C(F)(F)F)nc(NN)n1. The molecule has 8 heteroatoms. The number of nitrogens with zero attached hydrogens (tertiary/aromatic N) is 2. The third kappa shape index (κ3) is 3.45. The lowest BCUT2D eigenvalue weighted by molar-refractivity contribution is -0.137. The van der Waals surface area contributed by atoms with E-state index >= 15 is 0 Å². The minimum atomic E-state index is -4.53. The zero-order valence-corrected chi connectivity index (χ0v) is 11.9. The Balaban J connectivity index is 2.63. The smallest absolute Gasteiger partial charge is 0.399 e. The number of nitrogen functional groups attached to an aromatic ring is 2. The molecule has 0 aliphatic heterocycles. The van der Waals surface area contributed by atoms with Crippen LogP contribution in [0.25, 0.3) is 11.3 Å². The summed E-state index contributed by atoms with van der Waals surface area (Å²) in [4.78, 5) is 8.14. The zero-order valence-electron chi connectivity index (χ0n) is 11.9. The van der Waals surface area contributed by atoms with Crippen molar-refractivity contribution >= 4 is 11.6 Å². The number of nitrogens with one attached hydrogen (secondary N) is 1. The number of rotatable bonds is 4. The number of anilines is 2. The first-order valence-corrected chi connectivity index (χ1v) is 6.66. The van der Waals surface area contributed by atoms with Crippen LogP contribution >= 0.6 is 0 Å². The second-order valence-corrected chi connectivity index (χ2v) is 4.77. The zero-order chi connectivity index (χ0) is 16.3. The highest BCUT2D eigenvalue weighted by Gasteiger charge is 2.34. The predicted octanol–water partition coefficient (Wildman–Crippen LogP) is 2.98. The first-order chi connectivity index (χ1) is 10.3. The molecule has 0 saturated heterocycles. The highest BCUT2D eigenvalue weighted by Crippen LogP contribution is 2.38. The minimum Gasteiger partial charge on any atom is -0.399 e. The van der Waals surface area contributed by atoms with E-state index in [0.29, 0.717) is 12.1 Å². The van der Waals surface area contributed by atoms with Gasteiger partial charge < -0.3 is 5.73 Å². The lowest BCUT2D eigenvalue weighted by atomic mass is 10.0. The van der Waals surface area contributed by atoms with Gasteiger partial charge in [-0.05, 0) is 24.6 Å². The Kier molecular flexibility index (Phi) is 4.51. The van der Waals surface area contributed by atoms with Gasteiger partial charge in [-0.1, -0.05) is 19.4 Å². The number of aromatic nitrogens is 2. The van der Waals surface area contributed by atoms with Crippen LogP contribution in [0.4, 0.5) is 24.8 Å². The van der Waals surface area contributed by atoms with Crippen molar-refractivity contribution in [3.63, 3.8) is 0 Å². The van der Waals surface area contributed by atoms with Crippen molar-refractivity contribution in [2.45, 2.75) is 25.9 Å². The van der Waals surface area contributed by atoms with Crippen LogP contribution in [0.3, 0.4) is 0 Å². The van der Waals surface area contributed by atoms with E-state index < -0.39 is 11.7 Å². The molecule has 0 unspecified atom stereocenters. The lowest BCUT2D eigenvalue weighted by Gasteiger charge is -2.14. The van der Waals surface area contributed by atoms with Gasteiger partial charge in [0.05, 0.1) is 11.3 Å². The van der Waals surface area contributed by atoms with Gasteiger partial charge in [0, 0.05) is 16.9 Å². The summed E-state index contributed by atoms with van der Waals surface area (Å²) in [6, 6.07) is 5.13. The highest BCUT2D eigenvalue weighted by molar-refractivity contribution is 5.68. The number of nitrogens with two attached hydrogens (primary N) is 2. The fourth-order valence-electron chi connectivity index (χ4n) is 2.10. The second kappa shape index (κ2) is 6.18. The third-order valence-corrected chi connectivity index (χ3v) is 3.04. The number of hydrogen-bond donors (Lipinski definition) is 3. The molecular weight excluding hydrogens is 295 g/mol. The van der Waals surface area contributed by atoms with Crippen LogP contribution in [0.1, 0.15) is 24.6 Å². The molecule has 0 bridgehead atoms. The van der Waals surface area contributed by atoms with Crippen LogP contribution in [0.2, 0.25) is 0 Å². The maximum atomic E-state index is 13.2. The van der Waals surface area contributed by atoms with Crippen molar-refractivity contribution in [2.24, 2.45) is 5.84 Å². The van der Waals surface area contributed by atoms with Gasteiger partial charge in [0.1, 0.15) is 0 Å². The van der Waals surface area contributed by atoms with Crippen molar-refractivity contribution in [1.29, 1.82) is 0 Å². The average Bonchev–Trinajstić information content (AvgIpc) is 2.46. The van der Waals surface area contributed by atoms with Gasteiger partial charge >= 0.3 is 6.18 Å². The van der Waals surface area contributed by atoms with Crippen LogP contribution in [-0.4, -0.2) is 9.97 Å². The monoisotopic (exact) mass is 311 g/mol. The first-order valence-electron chi connectivity index (χ1n) is 6.66. The van der Waals surface area contributed by atoms with Crippen molar-refractivity contribution in [1.82, 2.24) is 9.97 Å². The highest BCUT2D eigenvalue weighted by atomic mass is 19.4. The second-order valence-electron chi connectivity index (χ2n) is 4.77. The molecule has 0 aliphatic carbocycles. The van der Waals surface area contributed by atoms with Crippen molar-refractivity contribution in [3.8, 4) is 11.3 Å². The summed E-state index contributed by atoms with van der Waals surface area (Å²) >= 11 is 0. The molecule has 2 aromatic rings. The molecule has 0 aliphatic rings. The molecule has 5 nitrogen and oxygen atoms in total. The summed E-state index contributed by atoms with van der Waals surface area (Å²) in [5.74, 6) is 5.37. The molecule has 22 heavy (non-hydrogen) atoms. The molecule has 0 fully saturated rings. The number of aryl methyl sites for hydroxylation is 1. The van der Waals surface area contributed by atoms with Gasteiger partial charge in [-0.3, -0.25) is 5.43 Å². The summed E-state index contributed by atoms with van der Waals surface area (Å²) in [6.07, 6.45) is -3.12. The Morgan fingerprint density at radius 2 is 1.91 bits per heavy atom. The molecule has 2 rings (SSSR count). The van der Waals surface area contributed by atoms with Gasteiger partial charge in [-0.2, -0.15) is 13.2 Å². The molecule has 1 aromatic carbocycles. The van der Waals surface area contributed by atoms with E-state index in [0.717, 1.165) is 12.5 Å². The number of halogens is 3. The lowest BCUT2D eigenvalue weighted by Crippen LogP contribution is -2.13. The standard InChI is InChI=1S/C14H16F3N5/c1-2-3-9-7-12(21-13(20-9)22-19)10-5-4-8(18)6-11(10)14(15,16)17/h4-7H,2-3,18-19H2,1H3,(H,20,21,22). The van der Waals surface area contributed by atoms with E-state index in [9.17, 15) is 13.2 Å². The Bertz CT molecular complexity index is 670. The van der Waals surface area contributed by atoms with Gasteiger partial charge in [0.15, 0.2) is 0 Å². The summed E-state index contributed by atoms with van der Waals surface area (Å²) in [6.45, 7) is 1.95. The van der Waals surface area contributed by atoms with Gasteiger partial charge in [0.2, 0.25) is 5.95 Å². The molecule has 0 radical (unpaired) electrons. The molecule has 0 amide bonds. The maximum absolute atomic E-state index is 13.2. The van der Waals surface area contributed by atoms with Crippen LogP contribution in [0, 0.1) is 0 Å². The molecule has 0 saturated carbocycles. The summed E-state index contributed by atoms with van der Waals surface area (Å²) in [5, 5.41) is 0. The molecule has 5 N–H and O–H groups in total. The molecular formula is C14H16F3N5. The fourth-order valence-corrected chi connectivity index (χ4v) is 2.10. The summed E-state index contributed by atoms with van der Waals surface area (Å²) < 4.78 is 39.6. The van der Waals surface area contributed by atoms with Crippen LogP contribution in [0.15, 0.2) is 24.3 Å². The van der Waals surface area contributed by atoms with E-state index in [-0.39, 0.29) is 22.9 Å². The molecule has 0 atom stereocenters. The van der Waals surface area contributed by atoms with E-state index in [1.54, 1.807) is 0 Å². The van der Waals surface area contributed by atoms with Crippen LogP contribution < -0.4 is 17.0 Å². The van der Waals surface area contributed by atoms with Gasteiger partial charge in [0.25, 0.3) is 0 Å². The molecule has 1 aromatic heterocycles. The van der Waals surface area contributed by atoms with Crippen molar-refractivity contribution in [2.75, 3.05) is 11.2 Å². The first kappa shape index (κ1) is 16.0. The van der Waals surface area contributed by atoms with Crippen LogP contribution in [-0.2, 0) is 12.6 Å². The topological polar surface area (TPSA) is 89.8 Å². The van der Waals surface area contributed by atoms with Gasteiger partial charge in [-0.15, -0.1) is 0 Å². The number of benzene rings is 1. The summed E-state index contributed by atoms with van der Waals surface area (Å²) in [5.41, 5.74) is 7.66. The van der Waals surface area contributed by atoms with Crippen LogP contribution in [0.5, 0.6) is 0 Å². The number of hydrogen-bond acceptors (Lipinski definition) is 5.